The summed E-state index contributed by atoms with van der Waals surface area (Å²) in [6.45, 7) is 0. The van der Waals surface area contributed by atoms with Crippen LogP contribution in [0.2, 0.25) is 0 Å². The molecule has 0 rings (SSSR count). The topological polar surface area (TPSA) is 18.5 Å². The van der Waals surface area contributed by atoms with Crippen molar-refractivity contribution in [3.8, 4) is 0 Å². The molecule has 0 fully saturated rings. The normalized spacial score (nSPS) is 8.40. The first kappa shape index (κ1) is 5.93. The van der Waals surface area contributed by atoms with E-state index in [1.54, 1.807) is 0 Å². The minimum absolute atomic E-state index is 0.272. The smallest absolute Gasteiger partial charge is 0.199 e. The van der Waals surface area contributed by atoms with Crippen molar-refractivity contribution in [3.63, 3.8) is 0 Å². The van der Waals surface area contributed by atoms with Crippen molar-refractivity contribution in [3.05, 3.63) is 0 Å². The zero-order chi connectivity index (χ0) is 4.12. The minimum atomic E-state index is -0.272. The lowest BCUT2D eigenvalue weighted by molar-refractivity contribution is 0.581. The fourth-order valence-corrected chi connectivity index (χ4v) is 0.321. The van der Waals surface area contributed by atoms with Gasteiger partial charge in [0.25, 0.3) is 0 Å². The van der Waals surface area contributed by atoms with Gasteiger partial charge in [-0.1, -0.05) is 0 Å². The third-order valence-electron chi connectivity index (χ3n) is 0.0630. The van der Waals surface area contributed by atoms with Crippen LogP contribution in [0.3, 0.4) is 0 Å². The lowest BCUT2D eigenvalue weighted by atomic mass is 15.8. The van der Waals surface area contributed by atoms with E-state index in [0.29, 0.717) is 0 Å². The summed E-state index contributed by atoms with van der Waals surface area (Å²) in [5, 5.41) is 0. The van der Waals surface area contributed by atoms with Gasteiger partial charge in [-0.25, -0.2) is 8.15 Å². The molecule has 0 heterocycles. The highest BCUT2D eigenvalue weighted by Gasteiger charge is 1.71. The summed E-state index contributed by atoms with van der Waals surface area (Å²) in [5.74, 6) is 0. The van der Waals surface area contributed by atoms with E-state index >= 15 is 0 Å². The Labute approximate surface area is 41.6 Å². The van der Waals surface area contributed by atoms with Crippen LogP contribution in [0.4, 0.5) is 0 Å². The lowest BCUT2D eigenvalue weighted by Gasteiger charge is -1.78. The van der Waals surface area contributed by atoms with Gasteiger partial charge in [0, 0.05) is 0 Å². The monoisotopic (exact) mass is 134 g/mol. The van der Waals surface area contributed by atoms with Gasteiger partial charge >= 0.3 is 0 Å². The van der Waals surface area contributed by atoms with Crippen molar-refractivity contribution in [2.24, 2.45) is 0 Å². The average Bonchev–Trinajstić information content (AvgIpc) is 1.41. The van der Waals surface area contributed by atoms with Crippen LogP contribution in [0.1, 0.15) is 0 Å². The molecule has 0 aliphatic carbocycles. The van der Waals surface area contributed by atoms with Crippen LogP contribution >= 0.6 is 32.8 Å². The molecule has 2 nitrogen and oxygen atoms in total. The molecule has 0 saturated heterocycles. The third-order valence-corrected chi connectivity index (χ3v) is 0.567. The maximum absolute atomic E-state index is 4.60. The van der Waals surface area contributed by atoms with E-state index in [0.717, 1.165) is 0 Å². The Bertz CT molecular complexity index is 15.1. The largest absolute Gasteiger partial charge is 0.228 e. The zero-order valence-corrected chi connectivity index (χ0v) is 4.58. The summed E-state index contributed by atoms with van der Waals surface area (Å²) in [6, 6.07) is 0. The minimum Gasteiger partial charge on any atom is -0.228 e. The summed E-state index contributed by atoms with van der Waals surface area (Å²) < 4.78 is 7.67. The number of rotatable bonds is 2. The molecule has 5 heavy (non-hydrogen) atoms. The number of hydrogen-bond donors (Lipinski definition) is 0. The fraction of sp³-hybridized carbons (Fsp3) is 0. The maximum atomic E-state index is 4.60. The molecule has 0 amide bonds. The first-order valence-corrected chi connectivity index (χ1v) is 2.15. The molecule has 0 unspecified atom stereocenters. The lowest BCUT2D eigenvalue weighted by Crippen LogP contribution is -1.42. The number of hydrogen-bond acceptors (Lipinski definition) is 2. The standard InChI is InChI=1S/Cl2HO2P/c1-3-5-4-2/h5H. The predicted molar refractivity (Wildman–Crippen MR) is 22.2 cm³/mol. The third kappa shape index (κ3) is 4.93. The van der Waals surface area contributed by atoms with E-state index in [9.17, 15) is 0 Å². The quantitative estimate of drug-likeness (QED) is 0.537. The molecule has 0 spiro atoms. The summed E-state index contributed by atoms with van der Waals surface area (Å²) in [7, 11) is -0.272. The van der Waals surface area contributed by atoms with Gasteiger partial charge in [0.1, 0.15) is 0 Å². The van der Waals surface area contributed by atoms with Crippen molar-refractivity contribution in [1.29, 1.82) is 0 Å². The van der Waals surface area contributed by atoms with Crippen molar-refractivity contribution >= 4 is 32.8 Å². The molecule has 32 valence electrons. The van der Waals surface area contributed by atoms with Crippen molar-refractivity contribution in [2.75, 3.05) is 0 Å². The molecule has 0 radical (unpaired) electrons. The Morgan fingerprint density at radius 2 is 1.60 bits per heavy atom. The van der Waals surface area contributed by atoms with Crippen LogP contribution in [0.15, 0.2) is 0 Å². The summed E-state index contributed by atoms with van der Waals surface area (Å²) >= 11 is 9.21. The fourth-order valence-electron chi connectivity index (χ4n) is 0.0119. The molecule has 5 heteroatoms. The Kier molecular flexibility index (Phi) is 5.85. The maximum Gasteiger partial charge on any atom is 0.199 e. The molecule has 0 bridgehead atoms. The zero-order valence-electron chi connectivity index (χ0n) is 2.07. The van der Waals surface area contributed by atoms with Crippen molar-refractivity contribution in [2.45, 2.75) is 0 Å². The van der Waals surface area contributed by atoms with Gasteiger partial charge in [0.2, 0.25) is 0 Å². The van der Waals surface area contributed by atoms with Crippen LogP contribution in [0.5, 0.6) is 0 Å². The second-order valence-electron chi connectivity index (χ2n) is 0.238. The van der Waals surface area contributed by atoms with E-state index in [-0.39, 0.29) is 9.03 Å². The van der Waals surface area contributed by atoms with Crippen molar-refractivity contribution in [1.82, 2.24) is 0 Å². The molecular formula is HCl2O2P. The van der Waals surface area contributed by atoms with Gasteiger partial charge in [0.05, 0.1) is 23.7 Å². The molecule has 0 aromatic rings. The van der Waals surface area contributed by atoms with Crippen LogP contribution in [0.25, 0.3) is 0 Å². The Balaban J connectivity index is 2.19. The van der Waals surface area contributed by atoms with E-state index in [2.05, 4.69) is 31.9 Å². The van der Waals surface area contributed by atoms with Gasteiger partial charge in [0.15, 0.2) is 9.03 Å². The van der Waals surface area contributed by atoms with Crippen LogP contribution < -0.4 is 0 Å². The van der Waals surface area contributed by atoms with E-state index in [1.165, 1.54) is 0 Å². The average molecular weight is 135 g/mol. The second-order valence-corrected chi connectivity index (χ2v) is 1.64. The Hall–Kier alpha value is 0.930. The SMILES string of the molecule is ClOPOCl. The van der Waals surface area contributed by atoms with Crippen molar-refractivity contribution < 1.29 is 8.15 Å². The van der Waals surface area contributed by atoms with Crippen LogP contribution in [-0.4, -0.2) is 0 Å². The van der Waals surface area contributed by atoms with Crippen LogP contribution in [0, 0.1) is 0 Å². The molecule has 0 N–H and O–H groups in total. The Morgan fingerprint density at radius 1 is 1.20 bits per heavy atom. The van der Waals surface area contributed by atoms with E-state index < -0.39 is 0 Å². The Morgan fingerprint density at radius 3 is 1.60 bits per heavy atom. The van der Waals surface area contributed by atoms with Gasteiger partial charge in [-0.2, -0.15) is 0 Å². The molecule has 0 saturated carbocycles. The highest BCUT2D eigenvalue weighted by Crippen LogP contribution is 2.16. The molecule has 0 atom stereocenters. The predicted octanol–water partition coefficient (Wildman–Crippen LogP) is 1.84. The van der Waals surface area contributed by atoms with Gasteiger partial charge < -0.3 is 0 Å². The van der Waals surface area contributed by atoms with E-state index in [1.807, 2.05) is 0 Å². The highest BCUT2D eigenvalue weighted by atomic mass is 35.5. The molecule has 0 aromatic heterocycles. The summed E-state index contributed by atoms with van der Waals surface area (Å²) in [6.07, 6.45) is 0. The first-order chi connectivity index (χ1) is 2.41. The molecule has 0 aromatic carbocycles. The van der Waals surface area contributed by atoms with Gasteiger partial charge in [-0.3, -0.25) is 0 Å². The summed E-state index contributed by atoms with van der Waals surface area (Å²) in [4.78, 5) is 0. The molecule has 0 aliphatic heterocycles. The van der Waals surface area contributed by atoms with Gasteiger partial charge in [-0.15, -0.1) is 0 Å². The van der Waals surface area contributed by atoms with E-state index in [4.69, 9.17) is 0 Å². The summed E-state index contributed by atoms with van der Waals surface area (Å²) in [5.41, 5.74) is 0. The highest BCUT2D eigenvalue weighted by molar-refractivity contribution is 7.28. The first-order valence-electron chi connectivity index (χ1n) is 0.717. The molecular weight excluding hydrogens is 134 g/mol. The molecule has 0 aliphatic rings. The van der Waals surface area contributed by atoms with Crippen LogP contribution in [-0.2, 0) is 8.15 Å². The number of halogens is 2. The second kappa shape index (κ2) is 4.93. The van der Waals surface area contributed by atoms with Gasteiger partial charge in [-0.05, 0) is 0 Å².